The Balaban J connectivity index is 2.76. The number of hydrogen-bond acceptors (Lipinski definition) is 4. The van der Waals surface area contributed by atoms with Gasteiger partial charge in [0.2, 0.25) is 0 Å². The summed E-state index contributed by atoms with van der Waals surface area (Å²) in [5, 5.41) is 19.8. The lowest BCUT2D eigenvalue weighted by atomic mass is 10.1. The highest BCUT2D eigenvalue weighted by molar-refractivity contribution is 5.66. The summed E-state index contributed by atoms with van der Waals surface area (Å²) >= 11 is 0. The number of aryl methyl sites for hydroxylation is 1. The summed E-state index contributed by atoms with van der Waals surface area (Å²) in [5.74, 6) is 0. The second kappa shape index (κ2) is 6.96. The average Bonchev–Trinajstić information content (AvgIpc) is 2.33. The van der Waals surface area contributed by atoms with Crippen LogP contribution in [0.2, 0.25) is 0 Å². The van der Waals surface area contributed by atoms with E-state index in [0.717, 1.165) is 25.8 Å². The van der Waals surface area contributed by atoms with Crippen molar-refractivity contribution in [3.8, 4) is 0 Å². The maximum atomic E-state index is 11.1. The van der Waals surface area contributed by atoms with Crippen molar-refractivity contribution in [2.45, 2.75) is 26.2 Å². The summed E-state index contributed by atoms with van der Waals surface area (Å²) in [4.78, 5) is 12.6. The summed E-state index contributed by atoms with van der Waals surface area (Å²) in [5.41, 5.74) is 1.52. The summed E-state index contributed by atoms with van der Waals surface area (Å²) in [6.45, 7) is 2.71. The van der Waals surface area contributed by atoms with Crippen LogP contribution >= 0.6 is 0 Å². The van der Waals surface area contributed by atoms with E-state index in [-0.39, 0.29) is 17.2 Å². The SMILES string of the molecule is Cc1cccc(N(C)CCCCCO)c1[N+](=O)[O-]. The summed E-state index contributed by atoms with van der Waals surface area (Å²) < 4.78 is 0. The zero-order valence-electron chi connectivity index (χ0n) is 10.9. The van der Waals surface area contributed by atoms with E-state index in [0.29, 0.717) is 11.3 Å². The van der Waals surface area contributed by atoms with Gasteiger partial charge in [0, 0.05) is 25.8 Å². The highest BCUT2D eigenvalue weighted by Gasteiger charge is 2.19. The molecule has 1 N–H and O–H groups in total. The summed E-state index contributed by atoms with van der Waals surface area (Å²) in [6.07, 6.45) is 2.63. The molecule has 18 heavy (non-hydrogen) atoms. The lowest BCUT2D eigenvalue weighted by Gasteiger charge is -2.19. The van der Waals surface area contributed by atoms with Crippen molar-refractivity contribution in [1.82, 2.24) is 0 Å². The number of unbranched alkanes of at least 4 members (excludes halogenated alkanes) is 2. The van der Waals surface area contributed by atoms with Crippen molar-refractivity contribution in [2.24, 2.45) is 0 Å². The molecule has 0 spiro atoms. The van der Waals surface area contributed by atoms with E-state index < -0.39 is 0 Å². The maximum Gasteiger partial charge on any atom is 0.295 e. The molecule has 0 bridgehead atoms. The van der Waals surface area contributed by atoms with Crippen LogP contribution in [0.15, 0.2) is 18.2 Å². The van der Waals surface area contributed by atoms with Crippen LogP contribution in [0, 0.1) is 17.0 Å². The zero-order chi connectivity index (χ0) is 13.5. The Hall–Kier alpha value is -1.62. The van der Waals surface area contributed by atoms with Crippen molar-refractivity contribution in [3.05, 3.63) is 33.9 Å². The van der Waals surface area contributed by atoms with E-state index in [1.807, 2.05) is 18.0 Å². The average molecular weight is 252 g/mol. The standard InChI is InChI=1S/C13H20N2O3/c1-11-7-6-8-12(13(11)15(17)18)14(2)9-4-3-5-10-16/h6-8,16H,3-5,9-10H2,1-2H3. The van der Waals surface area contributed by atoms with Crippen molar-refractivity contribution in [1.29, 1.82) is 0 Å². The molecule has 0 radical (unpaired) electrons. The summed E-state index contributed by atoms with van der Waals surface area (Å²) in [7, 11) is 1.86. The van der Waals surface area contributed by atoms with Gasteiger partial charge in [-0.15, -0.1) is 0 Å². The van der Waals surface area contributed by atoms with E-state index >= 15 is 0 Å². The van der Waals surface area contributed by atoms with Gasteiger partial charge in [-0.1, -0.05) is 12.1 Å². The van der Waals surface area contributed by atoms with Crippen molar-refractivity contribution in [3.63, 3.8) is 0 Å². The van der Waals surface area contributed by atoms with Gasteiger partial charge in [-0.3, -0.25) is 10.1 Å². The van der Waals surface area contributed by atoms with E-state index in [4.69, 9.17) is 5.11 Å². The van der Waals surface area contributed by atoms with Crippen LogP contribution in [0.25, 0.3) is 0 Å². The van der Waals surface area contributed by atoms with Crippen LogP contribution in [0.4, 0.5) is 11.4 Å². The van der Waals surface area contributed by atoms with Crippen LogP contribution in [0.1, 0.15) is 24.8 Å². The number of rotatable bonds is 7. The van der Waals surface area contributed by atoms with Crippen molar-refractivity contribution in [2.75, 3.05) is 25.1 Å². The Kier molecular flexibility index (Phi) is 5.58. The smallest absolute Gasteiger partial charge is 0.295 e. The topological polar surface area (TPSA) is 66.6 Å². The molecular weight excluding hydrogens is 232 g/mol. The van der Waals surface area contributed by atoms with Crippen LogP contribution in [-0.4, -0.2) is 30.2 Å². The number of para-hydroxylation sites is 1. The second-order valence-electron chi connectivity index (χ2n) is 4.41. The fourth-order valence-electron chi connectivity index (χ4n) is 1.95. The molecule has 100 valence electrons. The number of nitro benzene ring substituents is 1. The number of nitro groups is 1. The molecule has 0 atom stereocenters. The van der Waals surface area contributed by atoms with Gasteiger partial charge in [-0.25, -0.2) is 0 Å². The van der Waals surface area contributed by atoms with Crippen molar-refractivity contribution < 1.29 is 10.0 Å². The normalized spacial score (nSPS) is 10.4. The van der Waals surface area contributed by atoms with Gasteiger partial charge in [-0.05, 0) is 32.3 Å². The molecule has 5 heteroatoms. The molecule has 0 saturated heterocycles. The fourth-order valence-corrected chi connectivity index (χ4v) is 1.95. The lowest BCUT2D eigenvalue weighted by molar-refractivity contribution is -0.384. The first-order chi connectivity index (χ1) is 8.57. The Morgan fingerprint density at radius 3 is 2.67 bits per heavy atom. The summed E-state index contributed by atoms with van der Waals surface area (Å²) in [6, 6.07) is 5.36. The number of aliphatic hydroxyl groups is 1. The van der Waals surface area contributed by atoms with Crippen molar-refractivity contribution >= 4 is 11.4 Å². The molecule has 0 aliphatic rings. The molecule has 1 aromatic rings. The molecule has 0 fully saturated rings. The van der Waals surface area contributed by atoms with Gasteiger partial charge >= 0.3 is 0 Å². The number of anilines is 1. The Bertz CT molecular complexity index is 407. The first-order valence-electron chi connectivity index (χ1n) is 6.14. The molecule has 0 aliphatic carbocycles. The number of benzene rings is 1. The van der Waals surface area contributed by atoms with E-state index in [1.54, 1.807) is 19.1 Å². The number of nitrogens with zero attached hydrogens (tertiary/aromatic N) is 2. The third kappa shape index (κ3) is 3.70. The van der Waals surface area contributed by atoms with Crippen LogP contribution < -0.4 is 4.90 Å². The molecule has 0 unspecified atom stereocenters. The molecule has 1 aromatic carbocycles. The van der Waals surface area contributed by atoms with Gasteiger partial charge in [-0.2, -0.15) is 0 Å². The van der Waals surface area contributed by atoms with E-state index in [2.05, 4.69) is 0 Å². The Morgan fingerprint density at radius 1 is 1.33 bits per heavy atom. The van der Waals surface area contributed by atoms with Gasteiger partial charge in [0.05, 0.1) is 4.92 Å². The number of hydrogen-bond donors (Lipinski definition) is 1. The van der Waals surface area contributed by atoms with Gasteiger partial charge in [0.1, 0.15) is 5.69 Å². The van der Waals surface area contributed by atoms with Gasteiger partial charge < -0.3 is 10.0 Å². The molecular formula is C13H20N2O3. The molecule has 1 rings (SSSR count). The third-order valence-corrected chi connectivity index (χ3v) is 2.96. The minimum Gasteiger partial charge on any atom is -0.396 e. The van der Waals surface area contributed by atoms with Crippen LogP contribution in [0.3, 0.4) is 0 Å². The van der Waals surface area contributed by atoms with Crippen LogP contribution in [-0.2, 0) is 0 Å². The molecule has 0 amide bonds. The van der Waals surface area contributed by atoms with Gasteiger partial charge in [0.15, 0.2) is 0 Å². The highest BCUT2D eigenvalue weighted by Crippen LogP contribution is 2.30. The molecule has 5 nitrogen and oxygen atoms in total. The quantitative estimate of drug-likeness (QED) is 0.460. The van der Waals surface area contributed by atoms with Gasteiger partial charge in [0.25, 0.3) is 5.69 Å². The maximum absolute atomic E-state index is 11.1. The predicted octanol–water partition coefficient (Wildman–Crippen LogP) is 2.50. The highest BCUT2D eigenvalue weighted by atomic mass is 16.6. The first kappa shape index (κ1) is 14.4. The second-order valence-corrected chi connectivity index (χ2v) is 4.41. The number of aliphatic hydroxyl groups excluding tert-OH is 1. The monoisotopic (exact) mass is 252 g/mol. The fraction of sp³-hybridized carbons (Fsp3) is 0.538. The molecule has 0 saturated carbocycles. The minimum absolute atomic E-state index is 0.183. The van der Waals surface area contributed by atoms with E-state index in [1.165, 1.54) is 0 Å². The Labute approximate surface area is 107 Å². The molecule has 0 aliphatic heterocycles. The largest absolute Gasteiger partial charge is 0.396 e. The Morgan fingerprint density at radius 2 is 2.06 bits per heavy atom. The lowest BCUT2D eigenvalue weighted by Crippen LogP contribution is -2.20. The third-order valence-electron chi connectivity index (χ3n) is 2.96. The molecule has 0 heterocycles. The zero-order valence-corrected chi connectivity index (χ0v) is 10.9. The predicted molar refractivity (Wildman–Crippen MR) is 72.0 cm³/mol. The molecule has 0 aromatic heterocycles. The first-order valence-corrected chi connectivity index (χ1v) is 6.14. The van der Waals surface area contributed by atoms with E-state index in [9.17, 15) is 10.1 Å². The van der Waals surface area contributed by atoms with Crippen LogP contribution in [0.5, 0.6) is 0 Å². The minimum atomic E-state index is -0.325.